The quantitative estimate of drug-likeness (QED) is 0.305. The lowest BCUT2D eigenvalue weighted by Crippen LogP contribution is -2.21. The summed E-state index contributed by atoms with van der Waals surface area (Å²) >= 11 is 1.28. The van der Waals surface area contributed by atoms with Crippen molar-refractivity contribution in [3.63, 3.8) is 0 Å². The molecule has 1 aromatic heterocycles. The van der Waals surface area contributed by atoms with Gasteiger partial charge in [-0.05, 0) is 31.5 Å². The molecule has 0 unspecified atom stereocenters. The predicted octanol–water partition coefficient (Wildman–Crippen LogP) is 4.83. The van der Waals surface area contributed by atoms with Crippen LogP contribution < -0.4 is 10.1 Å². The lowest BCUT2D eigenvalue weighted by Gasteiger charge is -2.10. The Morgan fingerprint density at radius 2 is 1.77 bits per heavy atom. The van der Waals surface area contributed by atoms with Crippen molar-refractivity contribution in [1.29, 1.82) is 0 Å². The molecule has 0 saturated carbocycles. The van der Waals surface area contributed by atoms with E-state index in [2.05, 4.69) is 5.32 Å². The number of aryl methyl sites for hydroxylation is 1. The minimum absolute atomic E-state index is 0.0709. The van der Waals surface area contributed by atoms with Gasteiger partial charge in [-0.25, -0.2) is 4.79 Å². The number of carbonyl (C=O) groups excluding carboxylic acids is 2. The molecule has 0 aliphatic rings. The Hall–Kier alpha value is -3.72. The summed E-state index contributed by atoms with van der Waals surface area (Å²) in [7, 11) is 0. The second kappa shape index (κ2) is 9.86. The van der Waals surface area contributed by atoms with Gasteiger partial charge in [-0.1, -0.05) is 30.3 Å². The number of hydrogen-bond acceptors (Lipinski definition) is 7. The number of non-ortho nitro benzene ring substituents is 1. The number of ether oxygens (including phenoxy) is 2. The summed E-state index contributed by atoms with van der Waals surface area (Å²) in [6.45, 7) is 3.48. The van der Waals surface area contributed by atoms with Crippen molar-refractivity contribution < 1.29 is 24.0 Å². The first kappa shape index (κ1) is 22.0. The van der Waals surface area contributed by atoms with Crippen molar-refractivity contribution in [3.8, 4) is 16.9 Å². The molecule has 0 aliphatic carbocycles. The molecule has 9 heteroatoms. The van der Waals surface area contributed by atoms with Crippen molar-refractivity contribution in [1.82, 2.24) is 0 Å². The molecular weight excluding hydrogens is 420 g/mol. The normalized spacial score (nSPS) is 10.4. The first-order chi connectivity index (χ1) is 14.9. The van der Waals surface area contributed by atoms with Crippen molar-refractivity contribution in [3.05, 3.63) is 75.2 Å². The van der Waals surface area contributed by atoms with Crippen LogP contribution in [-0.4, -0.2) is 30.0 Å². The topological polar surface area (TPSA) is 108 Å². The van der Waals surface area contributed by atoms with E-state index in [1.54, 1.807) is 6.92 Å². The molecule has 0 radical (unpaired) electrons. The lowest BCUT2D eigenvalue weighted by molar-refractivity contribution is -0.384. The molecular formula is C22H20N2O6S. The summed E-state index contributed by atoms with van der Waals surface area (Å²) in [5.74, 6) is -0.666. The van der Waals surface area contributed by atoms with Crippen molar-refractivity contribution in [2.24, 2.45) is 0 Å². The lowest BCUT2D eigenvalue weighted by atomic mass is 10.0. The Bertz CT molecular complexity index is 1090. The molecule has 1 amide bonds. The van der Waals surface area contributed by atoms with Crippen LogP contribution in [0.4, 0.5) is 10.7 Å². The third kappa shape index (κ3) is 5.26. The fraction of sp³-hybridized carbons (Fsp3) is 0.182. The summed E-state index contributed by atoms with van der Waals surface area (Å²) in [6, 6.07) is 14.8. The van der Waals surface area contributed by atoms with Gasteiger partial charge >= 0.3 is 5.97 Å². The number of nitrogens with one attached hydrogen (secondary N) is 1. The summed E-state index contributed by atoms with van der Waals surface area (Å²) in [5, 5.41) is 13.8. The van der Waals surface area contributed by atoms with Crippen LogP contribution in [0.2, 0.25) is 0 Å². The third-order valence-electron chi connectivity index (χ3n) is 4.30. The highest BCUT2D eigenvalue weighted by molar-refractivity contribution is 7.17. The van der Waals surface area contributed by atoms with E-state index in [-0.39, 0.29) is 18.9 Å². The molecule has 0 aliphatic heterocycles. The molecule has 0 fully saturated rings. The number of benzene rings is 2. The number of thiophene rings is 1. The van der Waals surface area contributed by atoms with E-state index in [9.17, 15) is 19.7 Å². The van der Waals surface area contributed by atoms with Gasteiger partial charge in [-0.3, -0.25) is 14.9 Å². The smallest absolute Gasteiger partial charge is 0.341 e. The van der Waals surface area contributed by atoms with E-state index in [1.807, 2.05) is 37.3 Å². The molecule has 160 valence electrons. The van der Waals surface area contributed by atoms with Gasteiger partial charge in [0.15, 0.2) is 6.61 Å². The minimum Gasteiger partial charge on any atom is -0.484 e. The average Bonchev–Trinajstić information content (AvgIpc) is 3.08. The van der Waals surface area contributed by atoms with Gasteiger partial charge in [0.25, 0.3) is 11.6 Å². The average molecular weight is 440 g/mol. The number of anilines is 1. The van der Waals surface area contributed by atoms with Crippen LogP contribution in [0.1, 0.15) is 22.2 Å². The SMILES string of the molecule is CCOC(=O)c1c(NC(=O)COc2ccc([N+](=O)[O-])cc2)sc(C)c1-c1ccccc1. The van der Waals surface area contributed by atoms with Gasteiger partial charge < -0.3 is 14.8 Å². The van der Waals surface area contributed by atoms with E-state index in [1.165, 1.54) is 35.6 Å². The van der Waals surface area contributed by atoms with Gasteiger partial charge in [-0.15, -0.1) is 11.3 Å². The van der Waals surface area contributed by atoms with E-state index < -0.39 is 16.8 Å². The second-order valence-corrected chi connectivity index (χ2v) is 7.64. The summed E-state index contributed by atoms with van der Waals surface area (Å²) in [6.07, 6.45) is 0. The van der Waals surface area contributed by atoms with Gasteiger partial charge in [0.05, 0.1) is 11.5 Å². The van der Waals surface area contributed by atoms with Crippen LogP contribution in [0.25, 0.3) is 11.1 Å². The highest BCUT2D eigenvalue weighted by Gasteiger charge is 2.25. The van der Waals surface area contributed by atoms with Crippen LogP contribution in [0.3, 0.4) is 0 Å². The summed E-state index contributed by atoms with van der Waals surface area (Å²) in [5.41, 5.74) is 1.80. The van der Waals surface area contributed by atoms with Gasteiger partial charge in [0, 0.05) is 22.6 Å². The first-order valence-corrected chi connectivity index (χ1v) is 10.3. The van der Waals surface area contributed by atoms with Gasteiger partial charge in [0.2, 0.25) is 0 Å². The third-order valence-corrected chi connectivity index (χ3v) is 5.32. The Labute approximate surface area is 182 Å². The standard InChI is InChI=1S/C22H20N2O6S/c1-3-29-22(26)20-19(15-7-5-4-6-8-15)14(2)31-21(20)23-18(25)13-30-17-11-9-16(10-12-17)24(27)28/h4-12H,3,13H2,1-2H3,(H,23,25). The van der Waals surface area contributed by atoms with Gasteiger partial charge in [-0.2, -0.15) is 0 Å². The second-order valence-electron chi connectivity index (χ2n) is 6.41. The monoisotopic (exact) mass is 440 g/mol. The maximum Gasteiger partial charge on any atom is 0.341 e. The zero-order chi connectivity index (χ0) is 22.4. The highest BCUT2D eigenvalue weighted by atomic mass is 32.1. The number of carbonyl (C=O) groups is 2. The van der Waals surface area contributed by atoms with Crippen molar-refractivity contribution >= 4 is 33.9 Å². The fourth-order valence-electron chi connectivity index (χ4n) is 2.96. The van der Waals surface area contributed by atoms with Crippen LogP contribution in [0.5, 0.6) is 5.75 Å². The van der Waals surface area contributed by atoms with Crippen LogP contribution in [0, 0.1) is 17.0 Å². The van der Waals surface area contributed by atoms with Crippen LogP contribution >= 0.6 is 11.3 Å². The summed E-state index contributed by atoms with van der Waals surface area (Å²) < 4.78 is 10.6. The Morgan fingerprint density at radius 3 is 2.39 bits per heavy atom. The molecule has 1 N–H and O–H groups in total. The maximum absolute atomic E-state index is 12.7. The maximum atomic E-state index is 12.7. The Morgan fingerprint density at radius 1 is 1.10 bits per heavy atom. The molecule has 31 heavy (non-hydrogen) atoms. The van der Waals surface area contributed by atoms with E-state index >= 15 is 0 Å². The molecule has 0 atom stereocenters. The van der Waals surface area contributed by atoms with E-state index in [0.717, 1.165) is 16.0 Å². The highest BCUT2D eigenvalue weighted by Crippen LogP contribution is 2.40. The Balaban J connectivity index is 1.79. The van der Waals surface area contributed by atoms with Crippen LogP contribution in [0.15, 0.2) is 54.6 Å². The molecule has 0 bridgehead atoms. The number of rotatable bonds is 8. The van der Waals surface area contributed by atoms with Crippen molar-refractivity contribution in [2.45, 2.75) is 13.8 Å². The van der Waals surface area contributed by atoms with E-state index in [4.69, 9.17) is 9.47 Å². The number of nitro groups is 1. The molecule has 0 spiro atoms. The molecule has 3 aromatic rings. The molecule has 1 heterocycles. The molecule has 3 rings (SSSR count). The van der Waals surface area contributed by atoms with Gasteiger partial charge in [0.1, 0.15) is 16.3 Å². The number of nitrogens with zero attached hydrogens (tertiary/aromatic N) is 1. The Kier molecular flexibility index (Phi) is 6.99. The summed E-state index contributed by atoms with van der Waals surface area (Å²) in [4.78, 5) is 36.2. The number of nitro benzene ring substituents is 1. The number of amides is 1. The minimum atomic E-state index is -0.517. The molecule has 0 saturated heterocycles. The number of hydrogen-bond donors (Lipinski definition) is 1. The molecule has 8 nitrogen and oxygen atoms in total. The largest absolute Gasteiger partial charge is 0.484 e. The number of esters is 1. The fourth-order valence-corrected chi connectivity index (χ4v) is 4.04. The zero-order valence-electron chi connectivity index (χ0n) is 16.9. The molecule has 2 aromatic carbocycles. The zero-order valence-corrected chi connectivity index (χ0v) is 17.7. The van der Waals surface area contributed by atoms with Crippen LogP contribution in [-0.2, 0) is 9.53 Å². The predicted molar refractivity (Wildman–Crippen MR) is 118 cm³/mol. The van der Waals surface area contributed by atoms with E-state index in [0.29, 0.717) is 16.3 Å². The first-order valence-electron chi connectivity index (χ1n) is 9.43. The van der Waals surface area contributed by atoms with Crippen molar-refractivity contribution in [2.75, 3.05) is 18.5 Å².